The van der Waals surface area contributed by atoms with Crippen LogP contribution in [-0.2, 0) is 16.3 Å². The highest BCUT2D eigenvalue weighted by atomic mass is 32.2. The van der Waals surface area contributed by atoms with E-state index in [4.69, 9.17) is 10.5 Å². The Balaban J connectivity index is 1.76. The smallest absolute Gasteiger partial charge is 0.150 e. The van der Waals surface area contributed by atoms with Crippen molar-refractivity contribution in [2.45, 2.75) is 31.7 Å². The second kappa shape index (κ2) is 5.37. The van der Waals surface area contributed by atoms with E-state index >= 15 is 0 Å². The fourth-order valence-electron chi connectivity index (χ4n) is 3.25. The van der Waals surface area contributed by atoms with Gasteiger partial charge in [-0.15, -0.1) is 0 Å². The Kier molecular flexibility index (Phi) is 3.73. The Labute approximate surface area is 120 Å². The lowest BCUT2D eigenvalue weighted by atomic mass is 9.92. The van der Waals surface area contributed by atoms with Crippen LogP contribution in [0, 0.1) is 5.92 Å². The number of sulfone groups is 1. The van der Waals surface area contributed by atoms with Crippen molar-refractivity contribution in [1.29, 1.82) is 0 Å². The average Bonchev–Trinajstić information content (AvgIpc) is 2.77. The highest BCUT2D eigenvalue weighted by Gasteiger charge is 2.30. The molecule has 5 heteroatoms. The molecule has 110 valence electrons. The zero-order chi connectivity index (χ0) is 14.2. The summed E-state index contributed by atoms with van der Waals surface area (Å²) in [6.45, 7) is 0.745. The SMILES string of the molecule is NC(CC1CCS(=O)(=O)C1)c1cccc2c1OCCC2. The first-order valence-electron chi connectivity index (χ1n) is 7.26. The Morgan fingerprint density at radius 1 is 1.40 bits per heavy atom. The number of benzene rings is 1. The standard InChI is InChI=1S/C15H21NO3S/c16-14(9-11-6-8-20(17,18)10-11)13-5-1-3-12-4-2-7-19-15(12)13/h1,3,5,11,14H,2,4,6-10,16H2. The third kappa shape index (κ3) is 2.83. The monoisotopic (exact) mass is 295 g/mol. The van der Waals surface area contributed by atoms with Crippen LogP contribution in [0.15, 0.2) is 18.2 Å². The number of hydrogen-bond donors (Lipinski definition) is 1. The molecule has 0 spiro atoms. The van der Waals surface area contributed by atoms with Gasteiger partial charge in [0.25, 0.3) is 0 Å². The Bertz CT molecular complexity index is 597. The summed E-state index contributed by atoms with van der Waals surface area (Å²) in [7, 11) is -2.83. The van der Waals surface area contributed by atoms with E-state index in [1.54, 1.807) is 0 Å². The molecular weight excluding hydrogens is 274 g/mol. The van der Waals surface area contributed by atoms with Gasteiger partial charge >= 0.3 is 0 Å². The number of para-hydroxylation sites is 1. The summed E-state index contributed by atoms with van der Waals surface area (Å²) >= 11 is 0. The van der Waals surface area contributed by atoms with Crippen LogP contribution in [0.3, 0.4) is 0 Å². The second-order valence-corrected chi connectivity index (χ2v) is 8.13. The molecule has 2 N–H and O–H groups in total. The van der Waals surface area contributed by atoms with Crippen molar-refractivity contribution >= 4 is 9.84 Å². The normalized spacial score (nSPS) is 25.8. The highest BCUT2D eigenvalue weighted by Crippen LogP contribution is 2.35. The summed E-state index contributed by atoms with van der Waals surface area (Å²) in [4.78, 5) is 0. The molecule has 2 aliphatic rings. The predicted molar refractivity (Wildman–Crippen MR) is 78.6 cm³/mol. The molecule has 0 amide bonds. The molecule has 20 heavy (non-hydrogen) atoms. The van der Waals surface area contributed by atoms with Crippen LogP contribution in [0.1, 0.15) is 36.4 Å². The average molecular weight is 295 g/mol. The van der Waals surface area contributed by atoms with E-state index < -0.39 is 9.84 Å². The maximum Gasteiger partial charge on any atom is 0.150 e. The summed E-state index contributed by atoms with van der Waals surface area (Å²) in [5.74, 6) is 1.73. The molecule has 1 aromatic rings. The summed E-state index contributed by atoms with van der Waals surface area (Å²) in [5.41, 5.74) is 8.57. The van der Waals surface area contributed by atoms with E-state index in [1.807, 2.05) is 12.1 Å². The summed E-state index contributed by atoms with van der Waals surface area (Å²) < 4.78 is 28.8. The van der Waals surface area contributed by atoms with E-state index in [0.717, 1.165) is 43.6 Å². The van der Waals surface area contributed by atoms with Crippen molar-refractivity contribution in [2.24, 2.45) is 11.7 Å². The predicted octanol–water partition coefficient (Wildman–Crippen LogP) is 1.84. The van der Waals surface area contributed by atoms with E-state index in [9.17, 15) is 8.42 Å². The first-order valence-corrected chi connectivity index (χ1v) is 9.08. The summed E-state index contributed by atoms with van der Waals surface area (Å²) in [6.07, 6.45) is 3.55. The van der Waals surface area contributed by atoms with E-state index in [2.05, 4.69) is 6.07 Å². The van der Waals surface area contributed by atoms with Gasteiger partial charge in [0.05, 0.1) is 18.1 Å². The van der Waals surface area contributed by atoms with E-state index in [0.29, 0.717) is 5.75 Å². The highest BCUT2D eigenvalue weighted by molar-refractivity contribution is 7.91. The molecular formula is C15H21NO3S. The lowest BCUT2D eigenvalue weighted by Crippen LogP contribution is -2.19. The van der Waals surface area contributed by atoms with Crippen LogP contribution in [-0.4, -0.2) is 26.5 Å². The third-order valence-electron chi connectivity index (χ3n) is 4.28. The Hall–Kier alpha value is -1.07. The summed E-state index contributed by atoms with van der Waals surface area (Å²) in [5, 5.41) is 0. The van der Waals surface area contributed by atoms with Crippen molar-refractivity contribution in [3.8, 4) is 5.75 Å². The zero-order valence-corrected chi connectivity index (χ0v) is 12.4. The molecule has 0 saturated carbocycles. The van der Waals surface area contributed by atoms with Crippen LogP contribution < -0.4 is 10.5 Å². The van der Waals surface area contributed by atoms with Gasteiger partial charge in [-0.25, -0.2) is 8.42 Å². The van der Waals surface area contributed by atoms with Gasteiger partial charge in [0, 0.05) is 11.6 Å². The molecule has 1 aromatic carbocycles. The number of fused-ring (bicyclic) bond motifs is 1. The molecule has 4 nitrogen and oxygen atoms in total. The largest absolute Gasteiger partial charge is 0.493 e. The minimum Gasteiger partial charge on any atom is -0.493 e. The first kappa shape index (κ1) is 13.9. The fourth-order valence-corrected chi connectivity index (χ4v) is 5.13. The van der Waals surface area contributed by atoms with Crippen molar-refractivity contribution < 1.29 is 13.2 Å². The minimum atomic E-state index is -2.83. The maximum atomic E-state index is 11.5. The minimum absolute atomic E-state index is 0.138. The van der Waals surface area contributed by atoms with Crippen LogP contribution in [0.25, 0.3) is 0 Å². The summed E-state index contributed by atoms with van der Waals surface area (Å²) in [6, 6.07) is 5.98. The second-order valence-electron chi connectivity index (χ2n) is 5.90. The van der Waals surface area contributed by atoms with Gasteiger partial charge in [-0.1, -0.05) is 18.2 Å². The molecule has 0 aromatic heterocycles. The van der Waals surface area contributed by atoms with Crippen molar-refractivity contribution in [2.75, 3.05) is 18.1 Å². The van der Waals surface area contributed by atoms with Crippen LogP contribution in [0.4, 0.5) is 0 Å². The number of nitrogens with two attached hydrogens (primary N) is 1. The molecule has 0 radical (unpaired) electrons. The molecule has 2 unspecified atom stereocenters. The molecule has 0 aliphatic carbocycles. The number of ether oxygens (including phenoxy) is 1. The molecule has 1 saturated heterocycles. The molecule has 2 aliphatic heterocycles. The molecule has 2 heterocycles. The molecule has 3 rings (SSSR count). The van der Waals surface area contributed by atoms with Crippen LogP contribution >= 0.6 is 0 Å². The van der Waals surface area contributed by atoms with Crippen molar-refractivity contribution in [3.05, 3.63) is 29.3 Å². The number of aryl methyl sites for hydroxylation is 1. The first-order chi connectivity index (χ1) is 9.55. The van der Waals surface area contributed by atoms with Crippen LogP contribution in [0.5, 0.6) is 5.75 Å². The Morgan fingerprint density at radius 3 is 3.00 bits per heavy atom. The van der Waals surface area contributed by atoms with Gasteiger partial charge in [-0.3, -0.25) is 0 Å². The zero-order valence-electron chi connectivity index (χ0n) is 11.5. The lowest BCUT2D eigenvalue weighted by Gasteiger charge is -2.24. The molecule has 0 bridgehead atoms. The van der Waals surface area contributed by atoms with E-state index in [-0.39, 0.29) is 17.7 Å². The Morgan fingerprint density at radius 2 is 2.25 bits per heavy atom. The number of hydrogen-bond acceptors (Lipinski definition) is 4. The third-order valence-corrected chi connectivity index (χ3v) is 6.11. The molecule has 2 atom stereocenters. The van der Waals surface area contributed by atoms with Gasteiger partial charge in [0.2, 0.25) is 0 Å². The number of rotatable bonds is 3. The van der Waals surface area contributed by atoms with E-state index in [1.165, 1.54) is 5.56 Å². The fraction of sp³-hybridized carbons (Fsp3) is 0.600. The molecule has 1 fully saturated rings. The van der Waals surface area contributed by atoms with Crippen LogP contribution in [0.2, 0.25) is 0 Å². The van der Waals surface area contributed by atoms with Gasteiger partial charge in [-0.2, -0.15) is 0 Å². The van der Waals surface area contributed by atoms with Gasteiger partial charge < -0.3 is 10.5 Å². The van der Waals surface area contributed by atoms with Gasteiger partial charge in [-0.05, 0) is 37.2 Å². The van der Waals surface area contributed by atoms with Gasteiger partial charge in [0.15, 0.2) is 9.84 Å². The lowest BCUT2D eigenvalue weighted by molar-refractivity contribution is 0.282. The van der Waals surface area contributed by atoms with Crippen molar-refractivity contribution in [3.63, 3.8) is 0 Å². The topological polar surface area (TPSA) is 69.4 Å². The maximum absolute atomic E-state index is 11.5. The van der Waals surface area contributed by atoms with Crippen molar-refractivity contribution in [1.82, 2.24) is 0 Å². The van der Waals surface area contributed by atoms with Gasteiger partial charge in [0.1, 0.15) is 5.75 Å². The quantitative estimate of drug-likeness (QED) is 0.923.